The van der Waals surface area contributed by atoms with Crippen LogP contribution in [0.15, 0.2) is 42.5 Å². The molecule has 5 nitrogen and oxygen atoms in total. The SMILES string of the molecule is c1ccc2c(c1)CCN2C1CCN(CCCOc2ccc3c(c2)OCO3)CC1. The summed E-state index contributed by atoms with van der Waals surface area (Å²) in [5, 5.41) is 0. The summed E-state index contributed by atoms with van der Waals surface area (Å²) in [4.78, 5) is 5.23. The van der Waals surface area contributed by atoms with Gasteiger partial charge in [0.25, 0.3) is 0 Å². The van der Waals surface area contributed by atoms with E-state index < -0.39 is 0 Å². The number of ether oxygens (including phenoxy) is 3. The molecule has 28 heavy (non-hydrogen) atoms. The first-order chi connectivity index (χ1) is 13.9. The Morgan fingerprint density at radius 1 is 0.964 bits per heavy atom. The lowest BCUT2D eigenvalue weighted by Gasteiger charge is -2.38. The van der Waals surface area contributed by atoms with Crippen molar-refractivity contribution in [3.8, 4) is 17.2 Å². The van der Waals surface area contributed by atoms with Crippen LogP contribution in [0.1, 0.15) is 24.8 Å². The minimum absolute atomic E-state index is 0.303. The molecule has 0 spiro atoms. The number of fused-ring (bicyclic) bond motifs is 2. The van der Waals surface area contributed by atoms with Crippen LogP contribution >= 0.6 is 0 Å². The Morgan fingerprint density at radius 2 is 1.82 bits per heavy atom. The van der Waals surface area contributed by atoms with E-state index >= 15 is 0 Å². The highest BCUT2D eigenvalue weighted by atomic mass is 16.7. The van der Waals surface area contributed by atoms with E-state index in [4.69, 9.17) is 14.2 Å². The Kier molecular flexibility index (Phi) is 5.00. The Morgan fingerprint density at radius 3 is 2.75 bits per heavy atom. The number of likely N-dealkylation sites (tertiary alicyclic amines) is 1. The summed E-state index contributed by atoms with van der Waals surface area (Å²) >= 11 is 0. The highest BCUT2D eigenvalue weighted by Gasteiger charge is 2.28. The van der Waals surface area contributed by atoms with Crippen LogP contribution in [0.2, 0.25) is 0 Å². The Labute approximate surface area is 166 Å². The molecule has 1 fully saturated rings. The monoisotopic (exact) mass is 380 g/mol. The van der Waals surface area contributed by atoms with Crippen molar-refractivity contribution >= 4 is 5.69 Å². The van der Waals surface area contributed by atoms with Crippen molar-refractivity contribution < 1.29 is 14.2 Å². The quantitative estimate of drug-likeness (QED) is 0.714. The Balaban J connectivity index is 1.04. The van der Waals surface area contributed by atoms with Crippen LogP contribution in [0, 0.1) is 0 Å². The minimum atomic E-state index is 0.303. The summed E-state index contributed by atoms with van der Waals surface area (Å²) in [7, 11) is 0. The first kappa shape index (κ1) is 17.7. The van der Waals surface area contributed by atoms with Gasteiger partial charge in [-0.1, -0.05) is 18.2 Å². The van der Waals surface area contributed by atoms with Crippen molar-refractivity contribution in [3.63, 3.8) is 0 Å². The van der Waals surface area contributed by atoms with Crippen LogP contribution in [0.3, 0.4) is 0 Å². The molecular formula is C23H28N2O3. The van der Waals surface area contributed by atoms with Gasteiger partial charge in [0.2, 0.25) is 6.79 Å². The number of hydrogen-bond donors (Lipinski definition) is 0. The maximum Gasteiger partial charge on any atom is 0.231 e. The molecule has 0 bridgehead atoms. The summed E-state index contributed by atoms with van der Waals surface area (Å²) in [6.45, 7) is 5.71. The van der Waals surface area contributed by atoms with Gasteiger partial charge in [-0.2, -0.15) is 0 Å². The number of nitrogens with zero attached hydrogens (tertiary/aromatic N) is 2. The number of hydrogen-bond acceptors (Lipinski definition) is 5. The van der Waals surface area contributed by atoms with Gasteiger partial charge in [-0.25, -0.2) is 0 Å². The minimum Gasteiger partial charge on any atom is -0.493 e. The molecule has 0 atom stereocenters. The zero-order valence-corrected chi connectivity index (χ0v) is 16.3. The number of piperidine rings is 1. The number of benzene rings is 2. The molecule has 148 valence electrons. The fourth-order valence-electron chi connectivity index (χ4n) is 4.64. The molecule has 0 unspecified atom stereocenters. The van der Waals surface area contributed by atoms with E-state index in [2.05, 4.69) is 34.1 Å². The molecule has 3 aliphatic heterocycles. The normalized spacial score (nSPS) is 19.1. The van der Waals surface area contributed by atoms with E-state index in [0.29, 0.717) is 12.8 Å². The smallest absolute Gasteiger partial charge is 0.231 e. The lowest BCUT2D eigenvalue weighted by Crippen LogP contribution is -2.44. The molecule has 0 amide bonds. The van der Waals surface area contributed by atoms with E-state index in [9.17, 15) is 0 Å². The Hall–Kier alpha value is -2.40. The molecule has 0 aromatic heterocycles. The zero-order valence-electron chi connectivity index (χ0n) is 16.3. The number of rotatable bonds is 6. The van der Waals surface area contributed by atoms with E-state index in [-0.39, 0.29) is 0 Å². The first-order valence-electron chi connectivity index (χ1n) is 10.5. The van der Waals surface area contributed by atoms with Crippen molar-refractivity contribution in [1.29, 1.82) is 0 Å². The maximum absolute atomic E-state index is 5.89. The van der Waals surface area contributed by atoms with Crippen LogP contribution in [-0.2, 0) is 6.42 Å². The van der Waals surface area contributed by atoms with Gasteiger partial charge in [0.1, 0.15) is 5.75 Å². The molecule has 3 heterocycles. The third kappa shape index (κ3) is 3.63. The summed E-state index contributed by atoms with van der Waals surface area (Å²) < 4.78 is 16.6. The third-order valence-electron chi connectivity index (χ3n) is 6.15. The fraction of sp³-hybridized carbons (Fsp3) is 0.478. The van der Waals surface area contributed by atoms with E-state index in [1.54, 1.807) is 0 Å². The second-order valence-electron chi connectivity index (χ2n) is 7.86. The zero-order chi connectivity index (χ0) is 18.8. The van der Waals surface area contributed by atoms with Gasteiger partial charge in [-0.05, 0) is 49.4 Å². The standard InChI is InChI=1S/C23H28N2O3/c1-2-5-21-18(4-1)8-14-25(21)19-9-12-24(13-10-19)11-3-15-26-20-6-7-22-23(16-20)28-17-27-22/h1-2,4-7,16,19H,3,8-15,17H2. The van der Waals surface area contributed by atoms with Gasteiger partial charge in [0.05, 0.1) is 6.61 Å². The predicted octanol–water partition coefficient (Wildman–Crippen LogP) is 3.71. The molecule has 0 N–H and O–H groups in total. The summed E-state index contributed by atoms with van der Waals surface area (Å²) in [5.41, 5.74) is 2.99. The molecule has 0 aliphatic carbocycles. The van der Waals surface area contributed by atoms with Gasteiger partial charge in [-0.3, -0.25) is 0 Å². The van der Waals surface area contributed by atoms with Crippen molar-refractivity contribution in [1.82, 2.24) is 4.90 Å². The van der Waals surface area contributed by atoms with E-state index in [1.165, 1.54) is 50.1 Å². The average Bonchev–Trinajstić information content (AvgIpc) is 3.38. The molecule has 3 aliphatic rings. The van der Waals surface area contributed by atoms with Crippen molar-refractivity contribution in [2.75, 3.05) is 44.5 Å². The lowest BCUT2D eigenvalue weighted by molar-refractivity contribution is 0.173. The van der Waals surface area contributed by atoms with Crippen LogP contribution in [0.5, 0.6) is 17.2 Å². The molecule has 0 saturated carbocycles. The van der Waals surface area contributed by atoms with Gasteiger partial charge >= 0.3 is 0 Å². The highest BCUT2D eigenvalue weighted by molar-refractivity contribution is 5.58. The largest absolute Gasteiger partial charge is 0.493 e. The number of anilines is 1. The molecule has 2 aromatic rings. The van der Waals surface area contributed by atoms with Crippen LogP contribution < -0.4 is 19.1 Å². The molecule has 5 rings (SSSR count). The van der Waals surface area contributed by atoms with E-state index in [1.807, 2.05) is 18.2 Å². The lowest BCUT2D eigenvalue weighted by atomic mass is 10.0. The Bertz CT molecular complexity index is 817. The molecule has 5 heteroatoms. The average molecular weight is 380 g/mol. The van der Waals surface area contributed by atoms with E-state index in [0.717, 1.165) is 36.8 Å². The summed E-state index contributed by atoms with van der Waals surface area (Å²) in [6, 6.07) is 15.4. The molecular weight excluding hydrogens is 352 g/mol. The van der Waals surface area contributed by atoms with Crippen molar-refractivity contribution in [2.45, 2.75) is 31.7 Å². The van der Waals surface area contributed by atoms with Crippen molar-refractivity contribution in [3.05, 3.63) is 48.0 Å². The number of para-hydroxylation sites is 1. The van der Waals surface area contributed by atoms with Crippen LogP contribution in [-0.4, -0.2) is 50.5 Å². The van der Waals surface area contributed by atoms with Crippen molar-refractivity contribution in [2.24, 2.45) is 0 Å². The van der Waals surface area contributed by atoms with Gasteiger partial charge in [0.15, 0.2) is 11.5 Å². The summed E-state index contributed by atoms with van der Waals surface area (Å²) in [5.74, 6) is 2.44. The van der Waals surface area contributed by atoms with Gasteiger partial charge < -0.3 is 24.0 Å². The van der Waals surface area contributed by atoms with Gasteiger partial charge in [0, 0.05) is 44.0 Å². The fourth-order valence-corrected chi connectivity index (χ4v) is 4.64. The van der Waals surface area contributed by atoms with Crippen LogP contribution in [0.4, 0.5) is 5.69 Å². The van der Waals surface area contributed by atoms with Crippen LogP contribution in [0.25, 0.3) is 0 Å². The maximum atomic E-state index is 5.89. The first-order valence-corrected chi connectivity index (χ1v) is 10.5. The molecule has 0 radical (unpaired) electrons. The topological polar surface area (TPSA) is 34.2 Å². The second-order valence-corrected chi connectivity index (χ2v) is 7.86. The third-order valence-corrected chi connectivity index (χ3v) is 6.15. The van der Waals surface area contributed by atoms with Gasteiger partial charge in [-0.15, -0.1) is 0 Å². The predicted molar refractivity (Wildman–Crippen MR) is 110 cm³/mol. The molecule has 2 aromatic carbocycles. The highest BCUT2D eigenvalue weighted by Crippen LogP contribution is 2.35. The summed E-state index contributed by atoms with van der Waals surface area (Å²) in [6.07, 6.45) is 4.77. The second kappa shape index (κ2) is 7.92. The molecule has 1 saturated heterocycles.